The predicted molar refractivity (Wildman–Crippen MR) is 82.8 cm³/mol. The number of halogens is 2. The van der Waals surface area contributed by atoms with E-state index in [1.54, 1.807) is 24.3 Å². The lowest BCUT2D eigenvalue weighted by molar-refractivity contribution is 0.0999. The monoisotopic (exact) mass is 335 g/mol. The summed E-state index contributed by atoms with van der Waals surface area (Å²) >= 11 is 3.35. The highest BCUT2D eigenvalue weighted by atomic mass is 79.9. The first-order valence-corrected chi connectivity index (χ1v) is 7.18. The van der Waals surface area contributed by atoms with Crippen molar-refractivity contribution in [1.82, 2.24) is 0 Å². The number of hydrogen-bond acceptors (Lipinski definition) is 2. The summed E-state index contributed by atoms with van der Waals surface area (Å²) < 4.78 is 13.9. The van der Waals surface area contributed by atoms with Gasteiger partial charge in [0.15, 0.2) is 5.78 Å². The minimum absolute atomic E-state index is 0.0451. The Morgan fingerprint density at radius 2 is 1.70 bits per heavy atom. The molecule has 0 unspecified atom stereocenters. The van der Waals surface area contributed by atoms with Crippen LogP contribution in [0.5, 0.6) is 0 Å². The molecule has 2 aromatic rings. The summed E-state index contributed by atoms with van der Waals surface area (Å²) in [5.41, 5.74) is 1.52. The van der Waals surface area contributed by atoms with Crippen molar-refractivity contribution >= 4 is 27.4 Å². The number of carbonyl (C=O) groups is 1. The second-order valence-electron chi connectivity index (χ2n) is 4.42. The van der Waals surface area contributed by atoms with Gasteiger partial charge < -0.3 is 4.90 Å². The van der Waals surface area contributed by atoms with Gasteiger partial charge in [-0.15, -0.1) is 0 Å². The van der Waals surface area contributed by atoms with Gasteiger partial charge in [0.25, 0.3) is 0 Å². The predicted octanol–water partition coefficient (Wildman–Crippen LogP) is 4.30. The van der Waals surface area contributed by atoms with Crippen LogP contribution in [0.2, 0.25) is 0 Å². The lowest BCUT2D eigenvalue weighted by atomic mass is 10.1. The van der Waals surface area contributed by atoms with Crippen LogP contribution in [0.4, 0.5) is 10.1 Å². The topological polar surface area (TPSA) is 20.3 Å². The molecule has 2 nitrogen and oxygen atoms in total. The van der Waals surface area contributed by atoms with E-state index in [4.69, 9.17) is 0 Å². The van der Waals surface area contributed by atoms with Crippen LogP contribution in [0.25, 0.3) is 0 Å². The summed E-state index contributed by atoms with van der Waals surface area (Å²) in [6.07, 6.45) is 0. The highest BCUT2D eigenvalue weighted by molar-refractivity contribution is 9.10. The number of ketones is 1. The second kappa shape index (κ2) is 6.66. The third-order valence-corrected chi connectivity index (χ3v) is 3.60. The third kappa shape index (κ3) is 3.67. The van der Waals surface area contributed by atoms with Gasteiger partial charge in [0.1, 0.15) is 5.82 Å². The van der Waals surface area contributed by atoms with E-state index < -0.39 is 0 Å². The van der Waals surface area contributed by atoms with Crippen LogP contribution in [0, 0.1) is 5.82 Å². The van der Waals surface area contributed by atoms with Crippen LogP contribution in [0.3, 0.4) is 0 Å². The standard InChI is InChI=1S/C16H15BrFNO/c1-2-19(15-9-7-14(18)8-10-15)11-16(20)12-3-5-13(17)6-4-12/h3-10H,2,11H2,1H3. The number of nitrogens with zero attached hydrogens (tertiary/aromatic N) is 1. The first kappa shape index (κ1) is 14.7. The molecule has 0 aliphatic carbocycles. The zero-order chi connectivity index (χ0) is 14.5. The molecule has 4 heteroatoms. The van der Waals surface area contributed by atoms with Gasteiger partial charge >= 0.3 is 0 Å². The number of carbonyl (C=O) groups excluding carboxylic acids is 1. The molecule has 20 heavy (non-hydrogen) atoms. The second-order valence-corrected chi connectivity index (χ2v) is 5.34. The minimum atomic E-state index is -0.274. The fraction of sp³-hybridized carbons (Fsp3) is 0.188. The normalized spacial score (nSPS) is 10.3. The Labute approximate surface area is 126 Å². The third-order valence-electron chi connectivity index (χ3n) is 3.07. The zero-order valence-corrected chi connectivity index (χ0v) is 12.7. The summed E-state index contributed by atoms with van der Waals surface area (Å²) in [5, 5.41) is 0. The fourth-order valence-corrected chi connectivity index (χ4v) is 2.20. The van der Waals surface area contributed by atoms with E-state index in [2.05, 4.69) is 15.9 Å². The van der Waals surface area contributed by atoms with Gasteiger partial charge in [-0.3, -0.25) is 4.79 Å². The highest BCUT2D eigenvalue weighted by Crippen LogP contribution is 2.16. The van der Waals surface area contributed by atoms with Gasteiger partial charge in [-0.05, 0) is 43.3 Å². The summed E-state index contributed by atoms with van der Waals surface area (Å²) in [6, 6.07) is 13.5. The van der Waals surface area contributed by atoms with Crippen LogP contribution >= 0.6 is 15.9 Å². The maximum atomic E-state index is 12.9. The van der Waals surface area contributed by atoms with E-state index in [0.29, 0.717) is 12.1 Å². The van der Waals surface area contributed by atoms with Crippen molar-refractivity contribution < 1.29 is 9.18 Å². The molecular formula is C16H15BrFNO. The molecule has 0 aliphatic heterocycles. The molecule has 0 bridgehead atoms. The van der Waals surface area contributed by atoms with Crippen molar-refractivity contribution in [2.45, 2.75) is 6.92 Å². The Hall–Kier alpha value is -1.68. The van der Waals surface area contributed by atoms with E-state index in [0.717, 1.165) is 10.2 Å². The lowest BCUT2D eigenvalue weighted by Crippen LogP contribution is -2.29. The number of hydrogen-bond donors (Lipinski definition) is 0. The quantitative estimate of drug-likeness (QED) is 0.759. The number of rotatable bonds is 5. The Morgan fingerprint density at radius 1 is 1.10 bits per heavy atom. The highest BCUT2D eigenvalue weighted by Gasteiger charge is 2.12. The Balaban J connectivity index is 2.11. The van der Waals surface area contributed by atoms with Crippen molar-refractivity contribution in [3.63, 3.8) is 0 Å². The van der Waals surface area contributed by atoms with E-state index in [1.807, 2.05) is 24.0 Å². The molecule has 0 aliphatic rings. The molecule has 2 rings (SSSR count). The minimum Gasteiger partial charge on any atom is -0.364 e. The molecular weight excluding hydrogens is 321 g/mol. The first-order valence-electron chi connectivity index (χ1n) is 6.39. The van der Waals surface area contributed by atoms with Crippen LogP contribution in [0.1, 0.15) is 17.3 Å². The molecule has 0 radical (unpaired) electrons. The van der Waals surface area contributed by atoms with Crippen molar-refractivity contribution in [3.8, 4) is 0 Å². The van der Waals surface area contributed by atoms with Gasteiger partial charge in [-0.1, -0.05) is 28.1 Å². The van der Waals surface area contributed by atoms with Crippen molar-refractivity contribution in [3.05, 3.63) is 64.4 Å². The Bertz CT molecular complexity index is 580. The molecule has 0 heterocycles. The molecule has 0 fully saturated rings. The molecule has 0 N–H and O–H groups in total. The van der Waals surface area contributed by atoms with Crippen LogP contribution < -0.4 is 4.90 Å². The van der Waals surface area contributed by atoms with E-state index in [9.17, 15) is 9.18 Å². The van der Waals surface area contributed by atoms with Crippen LogP contribution in [-0.2, 0) is 0 Å². The van der Waals surface area contributed by atoms with Crippen LogP contribution in [-0.4, -0.2) is 18.9 Å². The summed E-state index contributed by atoms with van der Waals surface area (Å²) in [5.74, 6) is -0.229. The summed E-state index contributed by atoms with van der Waals surface area (Å²) in [6.45, 7) is 2.94. The summed E-state index contributed by atoms with van der Waals surface area (Å²) in [7, 11) is 0. The first-order chi connectivity index (χ1) is 9.60. The molecule has 2 aromatic carbocycles. The van der Waals surface area contributed by atoms with Crippen molar-refractivity contribution in [1.29, 1.82) is 0 Å². The molecule has 0 saturated carbocycles. The van der Waals surface area contributed by atoms with E-state index in [-0.39, 0.29) is 18.1 Å². The van der Waals surface area contributed by atoms with E-state index in [1.165, 1.54) is 12.1 Å². The molecule has 0 amide bonds. The molecule has 0 atom stereocenters. The average molecular weight is 336 g/mol. The smallest absolute Gasteiger partial charge is 0.182 e. The maximum absolute atomic E-state index is 12.9. The van der Waals surface area contributed by atoms with Crippen LogP contribution in [0.15, 0.2) is 53.0 Å². The number of anilines is 1. The Morgan fingerprint density at radius 3 is 2.25 bits per heavy atom. The number of benzene rings is 2. The SMILES string of the molecule is CCN(CC(=O)c1ccc(Br)cc1)c1ccc(F)cc1. The van der Waals surface area contributed by atoms with Gasteiger partial charge in [0.05, 0.1) is 6.54 Å². The lowest BCUT2D eigenvalue weighted by Gasteiger charge is -2.22. The fourth-order valence-electron chi connectivity index (χ4n) is 1.94. The zero-order valence-electron chi connectivity index (χ0n) is 11.1. The van der Waals surface area contributed by atoms with Crippen molar-refractivity contribution in [2.75, 3.05) is 18.0 Å². The van der Waals surface area contributed by atoms with E-state index >= 15 is 0 Å². The number of Topliss-reactive ketones (excluding diaryl/α,β-unsaturated/α-hetero) is 1. The number of likely N-dealkylation sites (N-methyl/N-ethyl adjacent to an activating group) is 1. The maximum Gasteiger partial charge on any atom is 0.182 e. The van der Waals surface area contributed by atoms with Gasteiger partial charge in [-0.25, -0.2) is 4.39 Å². The molecule has 0 spiro atoms. The average Bonchev–Trinajstić information content (AvgIpc) is 2.46. The van der Waals surface area contributed by atoms with Gasteiger partial charge in [0, 0.05) is 22.3 Å². The molecule has 104 valence electrons. The summed E-state index contributed by atoms with van der Waals surface area (Å²) in [4.78, 5) is 14.2. The van der Waals surface area contributed by atoms with Crippen molar-refractivity contribution in [2.24, 2.45) is 0 Å². The Kier molecular flexibility index (Phi) is 4.90. The van der Waals surface area contributed by atoms with Gasteiger partial charge in [-0.2, -0.15) is 0 Å². The molecule has 0 saturated heterocycles. The largest absolute Gasteiger partial charge is 0.364 e. The molecule has 0 aromatic heterocycles. The van der Waals surface area contributed by atoms with Gasteiger partial charge in [0.2, 0.25) is 0 Å².